The third kappa shape index (κ3) is 5.84. The molecule has 0 aliphatic rings. The zero-order valence-electron chi connectivity index (χ0n) is 23.9. The number of hydrogen-bond acceptors (Lipinski definition) is 5. The SMILES string of the molecule is COc1ccc(-c2sc3c(c2CNCCc2ccccc2)c(=O)n(-c2ccccc2)c(=O)n3Cc2c(F)cccc2Cl)cc1. The summed E-state index contributed by atoms with van der Waals surface area (Å²) >= 11 is 7.76. The average Bonchev–Trinajstić information content (AvgIpc) is 3.43. The highest BCUT2D eigenvalue weighted by molar-refractivity contribution is 7.22. The van der Waals surface area contributed by atoms with E-state index >= 15 is 4.39 Å². The molecule has 0 saturated carbocycles. The predicted octanol–water partition coefficient (Wildman–Crippen LogP) is 7.06. The van der Waals surface area contributed by atoms with Crippen LogP contribution in [0, 0.1) is 5.82 Å². The molecule has 1 N–H and O–H groups in total. The van der Waals surface area contributed by atoms with Crippen molar-refractivity contribution in [3.8, 4) is 21.9 Å². The van der Waals surface area contributed by atoms with Gasteiger partial charge in [-0.15, -0.1) is 11.3 Å². The average molecular weight is 626 g/mol. The lowest BCUT2D eigenvalue weighted by molar-refractivity contribution is 0.415. The van der Waals surface area contributed by atoms with E-state index in [1.807, 2.05) is 48.5 Å². The molecule has 222 valence electrons. The van der Waals surface area contributed by atoms with E-state index in [1.165, 1.54) is 33.6 Å². The first-order valence-electron chi connectivity index (χ1n) is 14.1. The maximum atomic E-state index is 15.1. The number of ether oxygens (including phenoxy) is 1. The van der Waals surface area contributed by atoms with Gasteiger partial charge in [0.1, 0.15) is 16.4 Å². The second kappa shape index (κ2) is 13.0. The van der Waals surface area contributed by atoms with Crippen molar-refractivity contribution in [3.63, 3.8) is 0 Å². The minimum Gasteiger partial charge on any atom is -0.497 e. The Morgan fingerprint density at radius 1 is 0.864 bits per heavy atom. The first kappa shape index (κ1) is 29.6. The fraction of sp³-hybridized carbons (Fsp3) is 0.143. The number of fused-ring (bicyclic) bond motifs is 1. The summed E-state index contributed by atoms with van der Waals surface area (Å²) in [7, 11) is 1.61. The Kier molecular flexibility index (Phi) is 8.74. The van der Waals surface area contributed by atoms with Gasteiger partial charge in [0.15, 0.2) is 0 Å². The maximum Gasteiger partial charge on any atom is 0.337 e. The molecule has 0 amide bonds. The van der Waals surface area contributed by atoms with Crippen LogP contribution in [0.3, 0.4) is 0 Å². The Morgan fingerprint density at radius 3 is 2.25 bits per heavy atom. The molecule has 0 unspecified atom stereocenters. The number of hydrogen-bond donors (Lipinski definition) is 1. The third-order valence-corrected chi connectivity index (χ3v) is 9.21. The zero-order chi connectivity index (χ0) is 30.6. The number of methoxy groups -OCH3 is 1. The molecule has 2 heterocycles. The molecule has 2 aromatic heterocycles. The van der Waals surface area contributed by atoms with Gasteiger partial charge < -0.3 is 10.1 Å². The van der Waals surface area contributed by atoms with E-state index in [4.69, 9.17) is 16.3 Å². The van der Waals surface area contributed by atoms with Gasteiger partial charge in [-0.2, -0.15) is 0 Å². The summed E-state index contributed by atoms with van der Waals surface area (Å²) in [5.74, 6) is 0.180. The minimum absolute atomic E-state index is 0.141. The number of nitrogens with zero attached hydrogens (tertiary/aromatic N) is 2. The summed E-state index contributed by atoms with van der Waals surface area (Å²) in [6, 6.07) is 31.0. The first-order chi connectivity index (χ1) is 21.5. The van der Waals surface area contributed by atoms with Crippen molar-refractivity contribution in [1.82, 2.24) is 14.5 Å². The van der Waals surface area contributed by atoms with E-state index in [0.717, 1.165) is 27.0 Å². The number of thiophene rings is 1. The second-order valence-corrected chi connectivity index (χ2v) is 11.7. The molecule has 6 aromatic rings. The Labute approximate surface area is 262 Å². The van der Waals surface area contributed by atoms with Gasteiger partial charge in [-0.3, -0.25) is 9.36 Å². The van der Waals surface area contributed by atoms with Gasteiger partial charge in [0.05, 0.1) is 24.7 Å². The number of rotatable bonds is 10. The number of halogens is 2. The van der Waals surface area contributed by atoms with Crippen molar-refractivity contribution >= 4 is 33.2 Å². The van der Waals surface area contributed by atoms with Crippen LogP contribution in [0.25, 0.3) is 26.3 Å². The molecule has 0 bridgehead atoms. The van der Waals surface area contributed by atoms with Crippen molar-refractivity contribution in [2.45, 2.75) is 19.5 Å². The summed E-state index contributed by atoms with van der Waals surface area (Å²) in [4.78, 5) is 29.7. The third-order valence-electron chi connectivity index (χ3n) is 7.55. The van der Waals surface area contributed by atoms with Crippen LogP contribution in [0.1, 0.15) is 16.7 Å². The molecule has 0 radical (unpaired) electrons. The highest BCUT2D eigenvalue weighted by Gasteiger charge is 2.24. The molecular weight excluding hydrogens is 597 g/mol. The normalized spacial score (nSPS) is 11.2. The first-order valence-corrected chi connectivity index (χ1v) is 15.3. The topological polar surface area (TPSA) is 65.3 Å². The van der Waals surface area contributed by atoms with Gasteiger partial charge in [0.25, 0.3) is 5.56 Å². The smallest absolute Gasteiger partial charge is 0.337 e. The fourth-order valence-corrected chi connectivity index (χ4v) is 6.82. The Morgan fingerprint density at radius 2 is 1.57 bits per heavy atom. The van der Waals surface area contributed by atoms with E-state index in [1.54, 1.807) is 37.4 Å². The van der Waals surface area contributed by atoms with Crippen LogP contribution < -0.4 is 21.3 Å². The fourth-order valence-electron chi connectivity index (χ4n) is 5.29. The molecule has 9 heteroatoms. The lowest BCUT2D eigenvalue weighted by atomic mass is 10.1. The molecule has 0 saturated heterocycles. The number of aromatic nitrogens is 2. The highest BCUT2D eigenvalue weighted by Crippen LogP contribution is 2.38. The summed E-state index contributed by atoms with van der Waals surface area (Å²) in [6.45, 7) is 0.926. The van der Waals surface area contributed by atoms with E-state index < -0.39 is 17.1 Å². The molecular formula is C35H29ClFN3O3S. The predicted molar refractivity (Wildman–Crippen MR) is 176 cm³/mol. The van der Waals surface area contributed by atoms with E-state index in [-0.39, 0.29) is 17.1 Å². The largest absolute Gasteiger partial charge is 0.497 e. The van der Waals surface area contributed by atoms with Crippen LogP contribution in [0.5, 0.6) is 5.75 Å². The van der Waals surface area contributed by atoms with Crippen LogP contribution in [0.4, 0.5) is 4.39 Å². The monoisotopic (exact) mass is 625 g/mol. The molecule has 6 nitrogen and oxygen atoms in total. The van der Waals surface area contributed by atoms with E-state index in [9.17, 15) is 9.59 Å². The molecule has 0 aliphatic carbocycles. The molecule has 0 aliphatic heterocycles. The van der Waals surface area contributed by atoms with E-state index in [2.05, 4.69) is 17.4 Å². The summed E-state index contributed by atoms with van der Waals surface area (Å²) < 4.78 is 23.0. The van der Waals surface area contributed by atoms with Crippen molar-refractivity contribution in [3.05, 3.63) is 151 Å². The van der Waals surface area contributed by atoms with Gasteiger partial charge in [0, 0.05) is 22.0 Å². The van der Waals surface area contributed by atoms with Crippen LogP contribution >= 0.6 is 22.9 Å². The molecule has 0 atom stereocenters. The minimum atomic E-state index is -0.570. The van der Waals surface area contributed by atoms with Gasteiger partial charge in [-0.05, 0) is 78.2 Å². The zero-order valence-corrected chi connectivity index (χ0v) is 25.5. The summed E-state index contributed by atoms with van der Waals surface area (Å²) in [6.07, 6.45) is 0.811. The van der Waals surface area contributed by atoms with Gasteiger partial charge >= 0.3 is 5.69 Å². The lowest BCUT2D eigenvalue weighted by Gasteiger charge is -2.14. The van der Waals surface area contributed by atoms with Crippen molar-refractivity contribution in [2.24, 2.45) is 0 Å². The van der Waals surface area contributed by atoms with Gasteiger partial charge in [0.2, 0.25) is 0 Å². The Hall–Kier alpha value is -4.50. The maximum absolute atomic E-state index is 15.1. The Balaban J connectivity index is 1.56. The van der Waals surface area contributed by atoms with Crippen LogP contribution in [-0.4, -0.2) is 22.8 Å². The lowest BCUT2D eigenvalue weighted by Crippen LogP contribution is -2.39. The van der Waals surface area contributed by atoms with E-state index in [0.29, 0.717) is 34.7 Å². The molecule has 44 heavy (non-hydrogen) atoms. The number of benzene rings is 4. The standard InChI is InChI=1S/C35H29ClFN3O3S/c1-43-26-17-15-24(16-18-26)32-27(21-38-20-19-23-9-4-2-5-10-23)31-33(41)40(25-11-6-3-7-12-25)35(42)39(34(31)44-32)22-28-29(36)13-8-14-30(28)37/h2-18,38H,19-22H2,1H3. The van der Waals surface area contributed by atoms with Crippen molar-refractivity contribution in [2.75, 3.05) is 13.7 Å². The van der Waals surface area contributed by atoms with Crippen molar-refractivity contribution in [1.29, 1.82) is 0 Å². The van der Waals surface area contributed by atoms with Gasteiger partial charge in [-0.1, -0.05) is 66.2 Å². The molecule has 6 rings (SSSR count). The van der Waals surface area contributed by atoms with Gasteiger partial charge in [-0.25, -0.2) is 13.8 Å². The molecule has 0 spiro atoms. The second-order valence-electron chi connectivity index (χ2n) is 10.3. The molecule has 0 fully saturated rings. The quantitative estimate of drug-likeness (QED) is 0.166. The summed E-state index contributed by atoms with van der Waals surface area (Å²) in [5.41, 5.74) is 2.46. The number of nitrogens with one attached hydrogen (secondary N) is 1. The highest BCUT2D eigenvalue weighted by atomic mass is 35.5. The summed E-state index contributed by atoms with van der Waals surface area (Å²) in [5, 5.41) is 4.13. The van der Waals surface area contributed by atoms with Crippen LogP contribution in [0.15, 0.2) is 113 Å². The van der Waals surface area contributed by atoms with Crippen LogP contribution in [-0.2, 0) is 19.5 Å². The van der Waals surface area contributed by atoms with Crippen LogP contribution in [0.2, 0.25) is 5.02 Å². The Bertz CT molecular complexity index is 2020. The number of para-hydroxylation sites is 1. The molecule has 4 aromatic carbocycles. The van der Waals surface area contributed by atoms with Crippen molar-refractivity contribution < 1.29 is 9.13 Å².